The fraction of sp³-hybridized carbons (Fsp3) is 0.556. The van der Waals surface area contributed by atoms with E-state index in [4.69, 9.17) is 17.3 Å². The Bertz CT molecular complexity index is 287. The van der Waals surface area contributed by atoms with Crippen LogP contribution in [0.15, 0.2) is 12.1 Å². The van der Waals surface area contributed by atoms with E-state index in [9.17, 15) is 0 Å². The van der Waals surface area contributed by atoms with E-state index in [1.54, 1.807) is 11.3 Å². The molecule has 0 amide bonds. The fourth-order valence-corrected chi connectivity index (χ4v) is 3.10. The second kappa shape index (κ2) is 3.96. The van der Waals surface area contributed by atoms with Gasteiger partial charge in [0.1, 0.15) is 0 Å². The van der Waals surface area contributed by atoms with E-state index in [2.05, 4.69) is 11.4 Å². The zero-order valence-electron chi connectivity index (χ0n) is 7.29. The molecule has 4 heteroatoms. The first-order chi connectivity index (χ1) is 6.31. The van der Waals surface area contributed by atoms with Crippen molar-refractivity contribution < 1.29 is 0 Å². The second-order valence-electron chi connectivity index (χ2n) is 3.40. The molecule has 2 atom stereocenters. The topological polar surface area (TPSA) is 38.0 Å². The summed E-state index contributed by atoms with van der Waals surface area (Å²) in [5.74, 6) is 1.15. The summed E-state index contributed by atoms with van der Waals surface area (Å²) in [5, 5.41) is 3.36. The molecule has 1 fully saturated rings. The summed E-state index contributed by atoms with van der Waals surface area (Å²) in [6.07, 6.45) is 0. The highest BCUT2D eigenvalue weighted by molar-refractivity contribution is 7.16. The number of halogens is 1. The van der Waals surface area contributed by atoms with Gasteiger partial charge in [-0.15, -0.1) is 11.3 Å². The van der Waals surface area contributed by atoms with Gasteiger partial charge in [-0.2, -0.15) is 0 Å². The van der Waals surface area contributed by atoms with Crippen LogP contribution in [0.3, 0.4) is 0 Å². The molecule has 1 saturated heterocycles. The number of nitrogens with two attached hydrogens (primary N) is 1. The van der Waals surface area contributed by atoms with Crippen molar-refractivity contribution in [3.8, 4) is 0 Å². The van der Waals surface area contributed by atoms with Crippen molar-refractivity contribution in [2.75, 3.05) is 19.6 Å². The molecule has 1 aromatic heterocycles. The molecule has 2 heterocycles. The summed E-state index contributed by atoms with van der Waals surface area (Å²) in [6.45, 7) is 2.84. The zero-order valence-corrected chi connectivity index (χ0v) is 8.87. The molecule has 0 spiro atoms. The lowest BCUT2D eigenvalue weighted by Crippen LogP contribution is -2.20. The van der Waals surface area contributed by atoms with Crippen molar-refractivity contribution >= 4 is 22.9 Å². The average Bonchev–Trinajstić information content (AvgIpc) is 2.71. The van der Waals surface area contributed by atoms with Gasteiger partial charge in [0.25, 0.3) is 0 Å². The molecule has 0 bridgehead atoms. The molecule has 3 N–H and O–H groups in total. The Balaban J connectivity index is 2.15. The maximum atomic E-state index is 5.90. The predicted molar refractivity (Wildman–Crippen MR) is 57.5 cm³/mol. The fourth-order valence-electron chi connectivity index (χ4n) is 1.84. The minimum atomic E-state index is 0.572. The van der Waals surface area contributed by atoms with E-state index < -0.39 is 0 Å². The lowest BCUT2D eigenvalue weighted by molar-refractivity contribution is 0.537. The van der Waals surface area contributed by atoms with Gasteiger partial charge in [-0.25, -0.2) is 0 Å². The molecule has 0 radical (unpaired) electrons. The molecule has 1 aliphatic heterocycles. The number of nitrogens with one attached hydrogen (secondary N) is 1. The molecular weight excluding hydrogens is 204 g/mol. The van der Waals surface area contributed by atoms with Crippen LogP contribution in [0.25, 0.3) is 0 Å². The third kappa shape index (κ3) is 1.89. The van der Waals surface area contributed by atoms with Gasteiger partial charge in [0.05, 0.1) is 4.34 Å². The normalized spacial score (nSPS) is 28.2. The Labute approximate surface area is 87.1 Å². The molecular formula is C9H13ClN2S. The third-order valence-electron chi connectivity index (χ3n) is 2.60. The van der Waals surface area contributed by atoms with Gasteiger partial charge in [0, 0.05) is 17.3 Å². The van der Waals surface area contributed by atoms with Crippen LogP contribution in [-0.4, -0.2) is 19.6 Å². The maximum absolute atomic E-state index is 5.90. The van der Waals surface area contributed by atoms with Gasteiger partial charge in [0.15, 0.2) is 0 Å². The average molecular weight is 217 g/mol. The Kier molecular flexibility index (Phi) is 2.89. The van der Waals surface area contributed by atoms with E-state index in [1.807, 2.05) is 6.07 Å². The zero-order chi connectivity index (χ0) is 9.26. The minimum Gasteiger partial charge on any atom is -0.330 e. The van der Waals surface area contributed by atoms with Crippen LogP contribution in [0.2, 0.25) is 4.34 Å². The largest absolute Gasteiger partial charge is 0.330 e. The monoisotopic (exact) mass is 216 g/mol. The Morgan fingerprint density at radius 2 is 2.38 bits per heavy atom. The van der Waals surface area contributed by atoms with E-state index in [0.717, 1.165) is 24.0 Å². The van der Waals surface area contributed by atoms with Crippen LogP contribution in [0.1, 0.15) is 10.8 Å². The summed E-state index contributed by atoms with van der Waals surface area (Å²) in [5.41, 5.74) is 5.70. The number of rotatable bonds is 2. The van der Waals surface area contributed by atoms with Gasteiger partial charge in [-0.1, -0.05) is 11.6 Å². The highest BCUT2D eigenvalue weighted by atomic mass is 35.5. The molecule has 1 aromatic rings. The SMILES string of the molecule is NCC1CNCC1c1ccc(Cl)s1. The highest BCUT2D eigenvalue weighted by Gasteiger charge is 2.28. The summed E-state index contributed by atoms with van der Waals surface area (Å²) in [7, 11) is 0. The molecule has 1 aliphatic rings. The van der Waals surface area contributed by atoms with Crippen molar-refractivity contribution in [2.24, 2.45) is 11.7 Å². The second-order valence-corrected chi connectivity index (χ2v) is 5.15. The van der Waals surface area contributed by atoms with E-state index in [-0.39, 0.29) is 0 Å². The van der Waals surface area contributed by atoms with Gasteiger partial charge in [-0.3, -0.25) is 0 Å². The smallest absolute Gasteiger partial charge is 0.0931 e. The molecule has 0 saturated carbocycles. The minimum absolute atomic E-state index is 0.572. The molecule has 2 unspecified atom stereocenters. The molecule has 72 valence electrons. The van der Waals surface area contributed by atoms with Crippen LogP contribution in [0.5, 0.6) is 0 Å². The first-order valence-corrected chi connectivity index (χ1v) is 5.66. The van der Waals surface area contributed by atoms with Crippen molar-refractivity contribution in [1.29, 1.82) is 0 Å². The number of hydrogen-bond acceptors (Lipinski definition) is 3. The van der Waals surface area contributed by atoms with Gasteiger partial charge >= 0.3 is 0 Å². The Morgan fingerprint density at radius 3 is 3.00 bits per heavy atom. The molecule has 0 aliphatic carbocycles. The number of thiophene rings is 1. The van der Waals surface area contributed by atoms with Crippen molar-refractivity contribution in [3.05, 3.63) is 21.3 Å². The molecule has 13 heavy (non-hydrogen) atoms. The first kappa shape index (κ1) is 9.46. The maximum Gasteiger partial charge on any atom is 0.0931 e. The van der Waals surface area contributed by atoms with E-state index in [0.29, 0.717) is 11.8 Å². The van der Waals surface area contributed by atoms with Gasteiger partial charge in [0.2, 0.25) is 0 Å². The summed E-state index contributed by atoms with van der Waals surface area (Å²) in [4.78, 5) is 1.37. The van der Waals surface area contributed by atoms with Gasteiger partial charge in [-0.05, 0) is 31.1 Å². The summed E-state index contributed by atoms with van der Waals surface area (Å²) >= 11 is 7.57. The van der Waals surface area contributed by atoms with Crippen LogP contribution in [-0.2, 0) is 0 Å². The van der Waals surface area contributed by atoms with Crippen LogP contribution in [0, 0.1) is 5.92 Å². The lowest BCUT2D eigenvalue weighted by atomic mass is 9.95. The van der Waals surface area contributed by atoms with Crippen LogP contribution >= 0.6 is 22.9 Å². The molecule has 2 rings (SSSR count). The van der Waals surface area contributed by atoms with E-state index in [1.165, 1.54) is 4.88 Å². The standard InChI is InChI=1S/C9H13ClN2S/c10-9-2-1-8(13-9)7-5-12-4-6(7)3-11/h1-2,6-7,12H,3-5,11H2. The van der Waals surface area contributed by atoms with Crippen molar-refractivity contribution in [1.82, 2.24) is 5.32 Å². The molecule has 2 nitrogen and oxygen atoms in total. The Morgan fingerprint density at radius 1 is 1.54 bits per heavy atom. The summed E-state index contributed by atoms with van der Waals surface area (Å²) in [6, 6.07) is 4.08. The third-order valence-corrected chi connectivity index (χ3v) is 3.97. The number of hydrogen-bond donors (Lipinski definition) is 2. The van der Waals surface area contributed by atoms with Gasteiger partial charge < -0.3 is 11.1 Å². The van der Waals surface area contributed by atoms with Crippen LogP contribution < -0.4 is 11.1 Å². The van der Waals surface area contributed by atoms with Crippen molar-refractivity contribution in [3.63, 3.8) is 0 Å². The van der Waals surface area contributed by atoms with Crippen LogP contribution in [0.4, 0.5) is 0 Å². The summed E-state index contributed by atoms with van der Waals surface area (Å²) < 4.78 is 0.873. The quantitative estimate of drug-likeness (QED) is 0.790. The predicted octanol–water partition coefficient (Wildman–Crippen LogP) is 1.66. The highest BCUT2D eigenvalue weighted by Crippen LogP contribution is 2.34. The van der Waals surface area contributed by atoms with Crippen molar-refractivity contribution in [2.45, 2.75) is 5.92 Å². The first-order valence-electron chi connectivity index (χ1n) is 4.47. The molecule has 0 aromatic carbocycles. The lowest BCUT2D eigenvalue weighted by Gasteiger charge is -2.14. The Hall–Kier alpha value is -0.0900. The van der Waals surface area contributed by atoms with E-state index >= 15 is 0 Å².